The van der Waals surface area contributed by atoms with Gasteiger partial charge in [-0.1, -0.05) is 42.5 Å². The Hall–Kier alpha value is -3.73. The van der Waals surface area contributed by atoms with Gasteiger partial charge < -0.3 is 9.73 Å². The number of anilines is 1. The summed E-state index contributed by atoms with van der Waals surface area (Å²) in [5.41, 5.74) is 1.59. The molecule has 132 valence electrons. The van der Waals surface area contributed by atoms with Gasteiger partial charge in [0, 0.05) is 10.9 Å². The molecule has 1 N–H and O–H groups in total. The van der Waals surface area contributed by atoms with Crippen molar-refractivity contribution in [1.29, 1.82) is 0 Å². The van der Waals surface area contributed by atoms with Crippen LogP contribution in [0.1, 0.15) is 10.4 Å². The summed E-state index contributed by atoms with van der Waals surface area (Å²) >= 11 is 0. The second-order valence-electron chi connectivity index (χ2n) is 6.00. The van der Waals surface area contributed by atoms with Crippen LogP contribution in [0.2, 0.25) is 0 Å². The highest BCUT2D eigenvalue weighted by atomic mass is 19.1. The minimum absolute atomic E-state index is 0.113. The third-order valence-electron chi connectivity index (χ3n) is 4.22. The van der Waals surface area contributed by atoms with Crippen molar-refractivity contribution in [3.05, 3.63) is 101 Å². The van der Waals surface area contributed by atoms with E-state index < -0.39 is 17.3 Å². The Balaban J connectivity index is 1.63. The number of benzene rings is 3. The SMILES string of the molecule is O=C(Nc1ccccc1F)c1ccc(-c2cc3ccccc3oc2=O)cc1. The summed E-state index contributed by atoms with van der Waals surface area (Å²) in [5.74, 6) is -0.937. The van der Waals surface area contributed by atoms with Crippen LogP contribution in [0.15, 0.2) is 88.1 Å². The van der Waals surface area contributed by atoms with E-state index in [1.54, 1.807) is 54.6 Å². The number of carbonyl (C=O) groups is 1. The summed E-state index contributed by atoms with van der Waals surface area (Å²) in [7, 11) is 0. The van der Waals surface area contributed by atoms with Crippen molar-refractivity contribution >= 4 is 22.6 Å². The minimum Gasteiger partial charge on any atom is -0.422 e. The number of hydrogen-bond acceptors (Lipinski definition) is 3. The molecule has 0 aliphatic rings. The van der Waals surface area contributed by atoms with Gasteiger partial charge in [-0.2, -0.15) is 0 Å². The van der Waals surface area contributed by atoms with Crippen LogP contribution in [-0.2, 0) is 0 Å². The highest BCUT2D eigenvalue weighted by molar-refractivity contribution is 6.04. The van der Waals surface area contributed by atoms with E-state index >= 15 is 0 Å². The molecule has 0 aliphatic carbocycles. The van der Waals surface area contributed by atoms with Crippen molar-refractivity contribution in [3.63, 3.8) is 0 Å². The molecule has 0 atom stereocenters. The van der Waals surface area contributed by atoms with Gasteiger partial charge in [-0.25, -0.2) is 9.18 Å². The van der Waals surface area contributed by atoms with E-state index in [0.29, 0.717) is 22.3 Å². The van der Waals surface area contributed by atoms with Crippen molar-refractivity contribution < 1.29 is 13.6 Å². The van der Waals surface area contributed by atoms with Crippen LogP contribution < -0.4 is 10.9 Å². The first-order chi connectivity index (χ1) is 13.1. The molecule has 0 saturated carbocycles. The second kappa shape index (κ2) is 6.88. The van der Waals surface area contributed by atoms with Crippen LogP contribution in [0, 0.1) is 5.82 Å². The van der Waals surface area contributed by atoms with Gasteiger partial charge >= 0.3 is 5.63 Å². The van der Waals surface area contributed by atoms with Crippen LogP contribution in [0.3, 0.4) is 0 Å². The third-order valence-corrected chi connectivity index (χ3v) is 4.22. The van der Waals surface area contributed by atoms with E-state index in [4.69, 9.17) is 4.42 Å². The number of para-hydroxylation sites is 2. The summed E-state index contributed by atoms with van der Waals surface area (Å²) in [6, 6.07) is 21.5. The fourth-order valence-corrected chi connectivity index (χ4v) is 2.82. The van der Waals surface area contributed by atoms with E-state index in [9.17, 15) is 14.0 Å². The summed E-state index contributed by atoms with van der Waals surface area (Å²) in [6.45, 7) is 0. The molecule has 5 heteroatoms. The first-order valence-corrected chi connectivity index (χ1v) is 8.31. The molecule has 0 fully saturated rings. The van der Waals surface area contributed by atoms with Gasteiger partial charge in [0.25, 0.3) is 5.91 Å². The molecular weight excluding hydrogens is 345 g/mol. The monoisotopic (exact) mass is 359 g/mol. The Morgan fingerprint density at radius 2 is 1.59 bits per heavy atom. The number of hydrogen-bond donors (Lipinski definition) is 1. The number of fused-ring (bicyclic) bond motifs is 1. The summed E-state index contributed by atoms with van der Waals surface area (Å²) in [4.78, 5) is 24.5. The summed E-state index contributed by atoms with van der Waals surface area (Å²) in [5, 5.41) is 3.34. The Morgan fingerprint density at radius 3 is 2.37 bits per heavy atom. The van der Waals surface area contributed by atoms with Crippen molar-refractivity contribution in [2.45, 2.75) is 0 Å². The molecule has 27 heavy (non-hydrogen) atoms. The molecule has 4 aromatic rings. The largest absolute Gasteiger partial charge is 0.422 e. The zero-order chi connectivity index (χ0) is 18.8. The normalized spacial score (nSPS) is 10.7. The topological polar surface area (TPSA) is 59.3 Å². The molecule has 0 saturated heterocycles. The smallest absolute Gasteiger partial charge is 0.344 e. The second-order valence-corrected chi connectivity index (χ2v) is 6.00. The van der Waals surface area contributed by atoms with E-state index in [1.807, 2.05) is 12.1 Å². The van der Waals surface area contributed by atoms with Crippen molar-refractivity contribution in [3.8, 4) is 11.1 Å². The molecule has 0 spiro atoms. The molecule has 1 aromatic heterocycles. The highest BCUT2D eigenvalue weighted by Gasteiger charge is 2.11. The van der Waals surface area contributed by atoms with Crippen molar-refractivity contribution in [2.24, 2.45) is 0 Å². The van der Waals surface area contributed by atoms with E-state index in [1.165, 1.54) is 12.1 Å². The van der Waals surface area contributed by atoms with E-state index in [0.717, 1.165) is 5.39 Å². The summed E-state index contributed by atoms with van der Waals surface area (Å²) in [6.07, 6.45) is 0. The maximum Gasteiger partial charge on any atom is 0.344 e. The molecule has 4 nitrogen and oxygen atoms in total. The molecule has 3 aromatic carbocycles. The number of amides is 1. The van der Waals surface area contributed by atoms with Gasteiger partial charge in [0.05, 0.1) is 11.3 Å². The maximum atomic E-state index is 13.7. The Morgan fingerprint density at radius 1 is 0.889 bits per heavy atom. The standard InChI is InChI=1S/C22H14FNO3/c23-18-6-2-3-7-19(18)24-21(25)15-11-9-14(10-12-15)17-13-16-5-1-4-8-20(16)27-22(17)26/h1-13H,(H,24,25). The molecule has 0 unspecified atom stereocenters. The lowest BCUT2D eigenvalue weighted by Gasteiger charge is -2.07. The lowest BCUT2D eigenvalue weighted by atomic mass is 10.0. The molecule has 0 radical (unpaired) electrons. The van der Waals surface area contributed by atoms with Gasteiger partial charge in [0.2, 0.25) is 0 Å². The average Bonchev–Trinajstić information content (AvgIpc) is 2.69. The van der Waals surface area contributed by atoms with Crippen LogP contribution in [0.5, 0.6) is 0 Å². The Bertz CT molecular complexity index is 1200. The number of halogens is 1. The van der Waals surface area contributed by atoms with Crippen molar-refractivity contribution in [2.75, 3.05) is 5.32 Å². The van der Waals surface area contributed by atoms with E-state index in [-0.39, 0.29) is 5.69 Å². The number of rotatable bonds is 3. The van der Waals surface area contributed by atoms with Crippen molar-refractivity contribution in [1.82, 2.24) is 0 Å². The summed E-state index contributed by atoms with van der Waals surface area (Å²) < 4.78 is 19.0. The highest BCUT2D eigenvalue weighted by Crippen LogP contribution is 2.22. The zero-order valence-electron chi connectivity index (χ0n) is 14.1. The lowest BCUT2D eigenvalue weighted by Crippen LogP contribution is -2.13. The molecule has 0 bridgehead atoms. The predicted molar refractivity (Wildman–Crippen MR) is 102 cm³/mol. The molecular formula is C22H14FNO3. The van der Waals surface area contributed by atoms with E-state index in [2.05, 4.69) is 5.32 Å². The predicted octanol–water partition coefficient (Wildman–Crippen LogP) is 4.85. The van der Waals surface area contributed by atoms with Crippen LogP contribution in [0.25, 0.3) is 22.1 Å². The third kappa shape index (κ3) is 3.35. The van der Waals surface area contributed by atoms with Gasteiger partial charge in [-0.15, -0.1) is 0 Å². The van der Waals surface area contributed by atoms with Gasteiger partial charge in [0.15, 0.2) is 0 Å². The maximum absolute atomic E-state index is 13.7. The van der Waals surface area contributed by atoms with Crippen LogP contribution >= 0.6 is 0 Å². The minimum atomic E-state index is -0.503. The zero-order valence-corrected chi connectivity index (χ0v) is 14.1. The lowest BCUT2D eigenvalue weighted by molar-refractivity contribution is 0.102. The van der Waals surface area contributed by atoms with Crippen LogP contribution in [0.4, 0.5) is 10.1 Å². The molecule has 4 rings (SSSR count). The first kappa shape index (κ1) is 16.7. The fourth-order valence-electron chi connectivity index (χ4n) is 2.82. The molecule has 1 amide bonds. The average molecular weight is 359 g/mol. The first-order valence-electron chi connectivity index (χ1n) is 8.31. The quantitative estimate of drug-likeness (QED) is 0.532. The fraction of sp³-hybridized carbons (Fsp3) is 0. The Labute approximate surface area is 153 Å². The Kier molecular flexibility index (Phi) is 4.26. The number of carbonyl (C=O) groups excluding carboxylic acids is 1. The van der Waals surface area contributed by atoms with Crippen LogP contribution in [-0.4, -0.2) is 5.91 Å². The van der Waals surface area contributed by atoms with Gasteiger partial charge in [0.1, 0.15) is 11.4 Å². The van der Waals surface area contributed by atoms with Gasteiger partial charge in [-0.3, -0.25) is 4.79 Å². The number of nitrogens with one attached hydrogen (secondary N) is 1. The molecule has 1 heterocycles. The van der Waals surface area contributed by atoms with Gasteiger partial charge in [-0.05, 0) is 42.0 Å². The molecule has 0 aliphatic heterocycles.